The number of carboxylic acids is 1. The van der Waals surface area contributed by atoms with E-state index in [1.54, 1.807) is 6.07 Å². The van der Waals surface area contributed by atoms with Gasteiger partial charge in [0, 0.05) is 12.6 Å². The number of rotatable bonds is 5. The van der Waals surface area contributed by atoms with E-state index in [2.05, 4.69) is 5.32 Å². The number of carbonyl (C=O) groups excluding carboxylic acids is 1. The van der Waals surface area contributed by atoms with Crippen molar-refractivity contribution in [1.29, 1.82) is 0 Å². The van der Waals surface area contributed by atoms with Crippen LogP contribution in [0.5, 0.6) is 0 Å². The highest BCUT2D eigenvalue weighted by Gasteiger charge is 2.24. The first-order valence-electron chi connectivity index (χ1n) is 7.48. The van der Waals surface area contributed by atoms with Gasteiger partial charge in [0.05, 0.1) is 6.54 Å². The molecule has 1 aromatic heterocycles. The monoisotopic (exact) mass is 294 g/mol. The molecule has 1 heterocycles. The quantitative estimate of drug-likeness (QED) is 0.874. The van der Waals surface area contributed by atoms with Crippen molar-refractivity contribution in [2.24, 2.45) is 0 Å². The molecule has 2 N–H and O–H groups in total. The van der Waals surface area contributed by atoms with Gasteiger partial charge in [0.25, 0.3) is 0 Å². The van der Waals surface area contributed by atoms with Crippen molar-refractivity contribution in [3.8, 4) is 0 Å². The van der Waals surface area contributed by atoms with E-state index >= 15 is 0 Å². The van der Waals surface area contributed by atoms with Gasteiger partial charge in [0.15, 0.2) is 0 Å². The van der Waals surface area contributed by atoms with Crippen LogP contribution in [0.2, 0.25) is 0 Å². The number of furan rings is 1. The van der Waals surface area contributed by atoms with Crippen LogP contribution in [-0.4, -0.2) is 34.6 Å². The van der Waals surface area contributed by atoms with Gasteiger partial charge in [-0.15, -0.1) is 0 Å². The molecule has 0 unspecified atom stereocenters. The maximum absolute atomic E-state index is 12.2. The Labute approximate surface area is 124 Å². The molecular weight excluding hydrogens is 272 g/mol. The summed E-state index contributed by atoms with van der Waals surface area (Å²) in [6.07, 6.45) is 5.72. The molecule has 1 saturated carbocycles. The molecule has 6 heteroatoms. The first-order chi connectivity index (χ1) is 10.1. The second-order valence-electron chi connectivity index (χ2n) is 5.31. The lowest BCUT2D eigenvalue weighted by Gasteiger charge is -2.33. The van der Waals surface area contributed by atoms with Crippen LogP contribution in [0.25, 0.3) is 0 Å². The van der Waals surface area contributed by atoms with Gasteiger partial charge < -0.3 is 19.7 Å². The fourth-order valence-electron chi connectivity index (χ4n) is 2.81. The minimum Gasteiger partial charge on any atom is -0.475 e. The predicted octanol–water partition coefficient (Wildman–Crippen LogP) is 2.84. The second-order valence-corrected chi connectivity index (χ2v) is 5.31. The van der Waals surface area contributed by atoms with Gasteiger partial charge in [-0.2, -0.15) is 0 Å². The molecule has 1 fully saturated rings. The van der Waals surface area contributed by atoms with Crippen molar-refractivity contribution in [2.75, 3.05) is 6.54 Å². The number of carbonyl (C=O) groups is 2. The zero-order valence-electron chi connectivity index (χ0n) is 12.3. The van der Waals surface area contributed by atoms with Crippen molar-refractivity contribution >= 4 is 12.0 Å². The molecule has 0 saturated heterocycles. The molecule has 0 atom stereocenters. The van der Waals surface area contributed by atoms with Crippen molar-refractivity contribution in [1.82, 2.24) is 10.2 Å². The third-order valence-corrected chi connectivity index (χ3v) is 3.90. The van der Waals surface area contributed by atoms with Gasteiger partial charge >= 0.3 is 12.0 Å². The Morgan fingerprint density at radius 3 is 2.62 bits per heavy atom. The Hall–Kier alpha value is -1.98. The first kappa shape index (κ1) is 15.4. The number of hydrogen-bond acceptors (Lipinski definition) is 3. The summed E-state index contributed by atoms with van der Waals surface area (Å²) in [4.78, 5) is 24.8. The Balaban J connectivity index is 1.88. The van der Waals surface area contributed by atoms with Gasteiger partial charge in [-0.1, -0.05) is 19.3 Å². The van der Waals surface area contributed by atoms with Crippen molar-refractivity contribution in [3.63, 3.8) is 0 Å². The van der Waals surface area contributed by atoms with Crippen molar-refractivity contribution < 1.29 is 19.1 Å². The number of carboxylic acid groups (broad SMARTS) is 1. The summed E-state index contributed by atoms with van der Waals surface area (Å²) in [5.41, 5.74) is 0. The normalized spacial score (nSPS) is 15.7. The third-order valence-electron chi connectivity index (χ3n) is 3.90. The summed E-state index contributed by atoms with van der Waals surface area (Å²) in [7, 11) is 0. The van der Waals surface area contributed by atoms with E-state index < -0.39 is 5.97 Å². The number of aromatic carboxylic acids is 1. The summed E-state index contributed by atoms with van der Waals surface area (Å²) in [6.45, 7) is 2.86. The Morgan fingerprint density at radius 1 is 1.33 bits per heavy atom. The molecule has 0 bridgehead atoms. The van der Waals surface area contributed by atoms with Crippen LogP contribution in [0.3, 0.4) is 0 Å². The first-order valence-corrected chi connectivity index (χ1v) is 7.48. The standard InChI is InChI=1S/C15H22N2O4/c1-2-17(11-6-4-3-5-7-11)15(20)16-10-12-8-9-13(21-12)14(18)19/h8-9,11H,2-7,10H2,1H3,(H,16,20)(H,18,19). The molecule has 1 aliphatic rings. The second kappa shape index (κ2) is 7.15. The van der Waals surface area contributed by atoms with Crippen LogP contribution in [0.15, 0.2) is 16.5 Å². The number of nitrogens with one attached hydrogen (secondary N) is 1. The molecule has 0 aliphatic heterocycles. The number of hydrogen-bond donors (Lipinski definition) is 2. The van der Waals surface area contributed by atoms with Gasteiger partial charge in [-0.25, -0.2) is 9.59 Å². The summed E-state index contributed by atoms with van der Waals surface area (Å²) in [6, 6.07) is 3.16. The van der Waals surface area contributed by atoms with E-state index in [1.165, 1.54) is 25.3 Å². The Morgan fingerprint density at radius 2 is 2.05 bits per heavy atom. The largest absolute Gasteiger partial charge is 0.475 e. The molecule has 0 aromatic carbocycles. The maximum atomic E-state index is 12.2. The summed E-state index contributed by atoms with van der Waals surface area (Å²) < 4.78 is 5.12. The zero-order chi connectivity index (χ0) is 15.2. The molecule has 2 amide bonds. The van der Waals surface area contributed by atoms with E-state index in [0.717, 1.165) is 12.8 Å². The molecule has 1 aromatic rings. The van der Waals surface area contributed by atoms with Crippen molar-refractivity contribution in [2.45, 2.75) is 51.6 Å². The fraction of sp³-hybridized carbons (Fsp3) is 0.600. The van der Waals surface area contributed by atoms with Crippen LogP contribution in [0.1, 0.15) is 55.3 Å². The van der Waals surface area contributed by atoms with Crippen LogP contribution in [0.4, 0.5) is 4.79 Å². The molecular formula is C15H22N2O4. The average Bonchev–Trinajstić information content (AvgIpc) is 2.96. The molecule has 6 nitrogen and oxygen atoms in total. The summed E-state index contributed by atoms with van der Waals surface area (Å²) >= 11 is 0. The minimum atomic E-state index is -1.11. The van der Waals surface area contributed by atoms with Gasteiger partial charge in [0.2, 0.25) is 5.76 Å². The number of nitrogens with zero attached hydrogens (tertiary/aromatic N) is 1. The number of amides is 2. The van der Waals surface area contributed by atoms with E-state index in [9.17, 15) is 9.59 Å². The van der Waals surface area contributed by atoms with E-state index in [1.807, 2.05) is 11.8 Å². The predicted molar refractivity (Wildman–Crippen MR) is 77.2 cm³/mol. The lowest BCUT2D eigenvalue weighted by molar-refractivity contribution is 0.0660. The van der Waals surface area contributed by atoms with Gasteiger partial charge in [-0.05, 0) is 31.9 Å². The number of urea groups is 1. The highest BCUT2D eigenvalue weighted by molar-refractivity contribution is 5.84. The zero-order valence-corrected chi connectivity index (χ0v) is 12.3. The van der Waals surface area contributed by atoms with Crippen LogP contribution in [-0.2, 0) is 6.54 Å². The molecule has 0 spiro atoms. The highest BCUT2D eigenvalue weighted by atomic mass is 16.4. The Bertz CT molecular complexity index is 492. The van der Waals surface area contributed by atoms with E-state index in [0.29, 0.717) is 18.3 Å². The van der Waals surface area contributed by atoms with Crippen LogP contribution < -0.4 is 5.32 Å². The summed E-state index contributed by atoms with van der Waals surface area (Å²) in [5, 5.41) is 11.6. The fourth-order valence-corrected chi connectivity index (χ4v) is 2.81. The molecule has 116 valence electrons. The Kier molecular flexibility index (Phi) is 5.25. The topological polar surface area (TPSA) is 82.8 Å². The van der Waals surface area contributed by atoms with Crippen molar-refractivity contribution in [3.05, 3.63) is 23.7 Å². The van der Waals surface area contributed by atoms with Crippen LogP contribution in [0, 0.1) is 0 Å². The van der Waals surface area contributed by atoms with Crippen LogP contribution >= 0.6 is 0 Å². The molecule has 0 radical (unpaired) electrons. The maximum Gasteiger partial charge on any atom is 0.371 e. The average molecular weight is 294 g/mol. The van der Waals surface area contributed by atoms with E-state index in [4.69, 9.17) is 9.52 Å². The molecule has 1 aliphatic carbocycles. The molecule has 2 rings (SSSR count). The SMILES string of the molecule is CCN(C(=O)NCc1ccc(C(=O)O)o1)C1CCCCC1. The van der Waals surface area contributed by atoms with E-state index in [-0.39, 0.29) is 18.3 Å². The minimum absolute atomic E-state index is 0.112. The molecule has 21 heavy (non-hydrogen) atoms. The van der Waals surface area contributed by atoms with Gasteiger partial charge in [0.1, 0.15) is 5.76 Å². The van der Waals surface area contributed by atoms with Gasteiger partial charge in [-0.3, -0.25) is 0 Å². The smallest absolute Gasteiger partial charge is 0.371 e. The lowest BCUT2D eigenvalue weighted by Crippen LogP contribution is -2.46. The third kappa shape index (κ3) is 4.00. The highest BCUT2D eigenvalue weighted by Crippen LogP contribution is 2.22. The lowest BCUT2D eigenvalue weighted by atomic mass is 9.94. The summed E-state index contributed by atoms with van der Waals surface area (Å²) in [5.74, 6) is -0.774.